The summed E-state index contributed by atoms with van der Waals surface area (Å²) >= 11 is 0. The van der Waals surface area contributed by atoms with Crippen LogP contribution in [-0.2, 0) is 25.7 Å². The molecule has 0 amide bonds. The molecule has 6 nitrogen and oxygen atoms in total. The summed E-state index contributed by atoms with van der Waals surface area (Å²) in [6.45, 7) is 17.4. The van der Waals surface area contributed by atoms with Gasteiger partial charge in [0.25, 0.3) is 11.6 Å². The average molecular weight is 565 g/mol. The lowest BCUT2D eigenvalue weighted by molar-refractivity contribution is 0.0825. The molecule has 6 heteroatoms. The number of fused-ring (bicyclic) bond motifs is 8. The maximum atomic E-state index is 13.4. The molecule has 3 aliphatic rings. The number of ketones is 2. The molecule has 0 aromatic carbocycles. The van der Waals surface area contributed by atoms with Crippen LogP contribution in [0, 0.1) is 0 Å². The van der Waals surface area contributed by atoms with E-state index in [1.165, 1.54) is 33.4 Å². The van der Waals surface area contributed by atoms with E-state index >= 15 is 0 Å². The lowest BCUT2D eigenvalue weighted by Gasteiger charge is -2.11. The zero-order chi connectivity index (χ0) is 30.3. The van der Waals surface area contributed by atoms with Crippen molar-refractivity contribution in [2.24, 2.45) is 0 Å². The molecule has 2 aromatic rings. The third-order valence-corrected chi connectivity index (χ3v) is 9.08. The minimum Gasteiger partial charge on any atom is -0.355 e. The van der Waals surface area contributed by atoms with Gasteiger partial charge in [0.1, 0.15) is 0 Å². The third kappa shape index (κ3) is 4.47. The Balaban J connectivity index is 2.12. The summed E-state index contributed by atoms with van der Waals surface area (Å²) < 4.78 is 0. The van der Waals surface area contributed by atoms with Gasteiger partial charge in [0, 0.05) is 27.7 Å². The molecule has 0 saturated heterocycles. The fraction of sp³-hybridized carbons (Fsp3) is 0.444. The van der Waals surface area contributed by atoms with E-state index in [-0.39, 0.29) is 0 Å². The number of H-pyrrole nitrogens is 2. The van der Waals surface area contributed by atoms with E-state index in [9.17, 15) is 9.59 Å². The number of allylic oxidation sites excluding steroid dienone is 4. The first-order valence-electron chi connectivity index (χ1n) is 15.9. The highest BCUT2D eigenvalue weighted by molar-refractivity contribution is 6.50. The molecule has 0 spiro atoms. The summed E-state index contributed by atoms with van der Waals surface area (Å²) in [7, 11) is 0. The van der Waals surface area contributed by atoms with E-state index in [2.05, 4.69) is 64.5 Å². The van der Waals surface area contributed by atoms with Crippen molar-refractivity contribution in [3.63, 3.8) is 0 Å². The number of nitrogens with zero attached hydrogens (tertiary/aromatic N) is 2. The van der Waals surface area contributed by atoms with Crippen LogP contribution >= 0.6 is 0 Å². The molecule has 0 saturated carbocycles. The molecule has 2 aromatic heterocycles. The number of carbonyl (C=O) groups excluding carboxylic acids is 2. The van der Waals surface area contributed by atoms with Gasteiger partial charge < -0.3 is 9.97 Å². The first-order valence-corrected chi connectivity index (χ1v) is 15.9. The number of hydrogen-bond acceptors (Lipinski definition) is 4. The van der Waals surface area contributed by atoms with Crippen LogP contribution in [0.1, 0.15) is 147 Å². The van der Waals surface area contributed by atoms with Gasteiger partial charge >= 0.3 is 0 Å². The van der Waals surface area contributed by atoms with Gasteiger partial charge in [-0.2, -0.15) is 0 Å². The van der Waals surface area contributed by atoms with Crippen molar-refractivity contribution in [3.05, 3.63) is 68.6 Å². The number of aryl methyl sites for hydroxylation is 2. The molecule has 42 heavy (non-hydrogen) atoms. The third-order valence-electron chi connectivity index (χ3n) is 9.08. The number of aromatic nitrogens is 4. The van der Waals surface area contributed by atoms with Crippen LogP contribution in [0.4, 0.5) is 0 Å². The van der Waals surface area contributed by atoms with Crippen molar-refractivity contribution in [3.8, 4) is 0 Å². The Bertz CT molecular complexity index is 1740. The highest BCUT2D eigenvalue weighted by Crippen LogP contribution is 2.43. The zero-order valence-electron chi connectivity index (χ0n) is 26.5. The number of nitrogens with one attached hydrogen (secondary N) is 2. The minimum atomic E-state index is -0.502. The maximum absolute atomic E-state index is 13.4. The predicted octanol–water partition coefficient (Wildman–Crippen LogP) is 8.81. The van der Waals surface area contributed by atoms with Gasteiger partial charge in [-0.1, -0.05) is 55.4 Å². The average Bonchev–Trinajstić information content (AvgIpc) is 3.74. The Labute approximate surface area is 249 Å². The summed E-state index contributed by atoms with van der Waals surface area (Å²) in [5.74, 6) is -0.990. The van der Waals surface area contributed by atoms with Gasteiger partial charge in [-0.05, 0) is 91.4 Å². The lowest BCUT2D eigenvalue weighted by atomic mass is 9.91. The molecule has 0 aliphatic carbocycles. The molecule has 3 aliphatic heterocycles. The summed E-state index contributed by atoms with van der Waals surface area (Å²) in [4.78, 5) is 44.4. The predicted molar refractivity (Wildman–Crippen MR) is 173 cm³/mol. The zero-order valence-corrected chi connectivity index (χ0v) is 26.5. The molecule has 0 unspecified atom stereocenters. The van der Waals surface area contributed by atoms with Crippen LogP contribution in [0.5, 0.6) is 0 Å². The highest BCUT2D eigenvalue weighted by atomic mass is 16.2. The van der Waals surface area contributed by atoms with Crippen LogP contribution in [-0.4, -0.2) is 31.5 Å². The van der Waals surface area contributed by atoms with Crippen molar-refractivity contribution in [2.75, 3.05) is 0 Å². The van der Waals surface area contributed by atoms with Crippen LogP contribution in [0.2, 0.25) is 0 Å². The van der Waals surface area contributed by atoms with E-state index in [0.717, 1.165) is 89.9 Å². The fourth-order valence-corrected chi connectivity index (χ4v) is 7.06. The second kappa shape index (κ2) is 11.8. The van der Waals surface area contributed by atoms with Crippen molar-refractivity contribution < 1.29 is 9.59 Å². The SMILES string of the molecule is CCC1=C(CC)c2nc1c(CC)c1nc(c(CC)c3[nH]c(cc4[nH]c(c2CC)C(=O)C4=O)cc3CC)C(CC)=C1CC. The molecular weight excluding hydrogens is 520 g/mol. The van der Waals surface area contributed by atoms with Gasteiger partial charge in [-0.25, -0.2) is 9.97 Å². The quantitative estimate of drug-likeness (QED) is 0.313. The lowest BCUT2D eigenvalue weighted by Crippen LogP contribution is -2.09. The normalized spacial score (nSPS) is 14.4. The van der Waals surface area contributed by atoms with Gasteiger partial charge in [0.05, 0.1) is 34.2 Å². The van der Waals surface area contributed by atoms with Crippen LogP contribution in [0.3, 0.4) is 0 Å². The standard InChI is InChI=1S/C36H44N4O2/c1-9-19-17-20-18-28-35(41)36(42)34(38-28)27(16-8)33-24(13-5)23(12-4)32(40-33)26(15-7)31-22(11-3)21(10-2)30(39-31)25(14-6)29(19)37-20/h17-18,37-38H,9-16H2,1-8H3. The minimum absolute atomic E-state index is 0.305. The van der Waals surface area contributed by atoms with Crippen LogP contribution < -0.4 is 0 Å². The summed E-state index contributed by atoms with van der Waals surface area (Å²) in [6, 6.07) is 3.89. The largest absolute Gasteiger partial charge is 0.355 e. The molecule has 5 rings (SSSR count). The number of rotatable bonds is 8. The van der Waals surface area contributed by atoms with E-state index in [0.29, 0.717) is 17.8 Å². The highest BCUT2D eigenvalue weighted by Gasteiger charge is 2.32. The molecule has 0 atom stereocenters. The van der Waals surface area contributed by atoms with Crippen molar-refractivity contribution in [1.82, 2.24) is 19.9 Å². The Morgan fingerprint density at radius 3 is 1.45 bits per heavy atom. The second-order valence-corrected chi connectivity index (χ2v) is 11.1. The van der Waals surface area contributed by atoms with Gasteiger partial charge in [-0.3, -0.25) is 9.59 Å². The van der Waals surface area contributed by atoms with Gasteiger partial charge in [0.15, 0.2) is 0 Å². The summed E-state index contributed by atoms with van der Waals surface area (Å²) in [5, 5.41) is 0. The fourth-order valence-electron chi connectivity index (χ4n) is 7.06. The Morgan fingerprint density at radius 1 is 0.524 bits per heavy atom. The van der Waals surface area contributed by atoms with E-state index < -0.39 is 11.6 Å². The maximum Gasteiger partial charge on any atom is 0.251 e. The topological polar surface area (TPSA) is 91.5 Å². The molecule has 8 bridgehead atoms. The van der Waals surface area contributed by atoms with Crippen molar-refractivity contribution in [1.29, 1.82) is 0 Å². The molecule has 5 heterocycles. The second-order valence-electron chi connectivity index (χ2n) is 11.1. The van der Waals surface area contributed by atoms with E-state index in [1.54, 1.807) is 6.07 Å². The monoisotopic (exact) mass is 564 g/mol. The molecule has 220 valence electrons. The van der Waals surface area contributed by atoms with Gasteiger partial charge in [0.2, 0.25) is 0 Å². The van der Waals surface area contributed by atoms with Crippen molar-refractivity contribution in [2.45, 2.75) is 107 Å². The summed E-state index contributed by atoms with van der Waals surface area (Å²) in [5.41, 5.74) is 15.9. The Morgan fingerprint density at radius 2 is 1.00 bits per heavy atom. The first kappa shape index (κ1) is 29.7. The van der Waals surface area contributed by atoms with E-state index in [1.807, 2.05) is 6.92 Å². The Kier molecular flexibility index (Phi) is 8.36. The number of aromatic amines is 2. The van der Waals surface area contributed by atoms with Crippen LogP contribution in [0.15, 0.2) is 12.1 Å². The number of Topliss-reactive ketones (excluding diaryl/α,β-unsaturated/α-hetero) is 2. The molecule has 0 radical (unpaired) electrons. The molecular formula is C36H44N4O2. The van der Waals surface area contributed by atoms with Gasteiger partial charge in [-0.15, -0.1) is 0 Å². The first-order chi connectivity index (χ1) is 20.3. The number of carbonyl (C=O) groups is 2. The van der Waals surface area contributed by atoms with Crippen molar-refractivity contribution >= 4 is 44.9 Å². The molecule has 2 N–H and O–H groups in total. The van der Waals surface area contributed by atoms with E-state index in [4.69, 9.17) is 9.97 Å². The number of hydrogen-bond donors (Lipinski definition) is 2. The van der Waals surface area contributed by atoms with Crippen LogP contribution in [0.25, 0.3) is 33.3 Å². The Hall–Kier alpha value is -3.80. The molecule has 0 fully saturated rings. The summed E-state index contributed by atoms with van der Waals surface area (Å²) in [6.07, 6.45) is 6.47. The smallest absolute Gasteiger partial charge is 0.251 e.